The summed E-state index contributed by atoms with van der Waals surface area (Å²) in [5.74, 6) is 1.18. The van der Waals surface area contributed by atoms with Crippen molar-refractivity contribution in [1.82, 2.24) is 19.9 Å². The molecule has 14 aromatic rings. The van der Waals surface area contributed by atoms with E-state index in [9.17, 15) is 0 Å². The Bertz CT molecular complexity index is 5570. The summed E-state index contributed by atoms with van der Waals surface area (Å²) in [4.78, 5) is 16.4. The van der Waals surface area contributed by atoms with Gasteiger partial charge in [0.1, 0.15) is 33.8 Å². The van der Waals surface area contributed by atoms with Crippen molar-refractivity contribution in [3.63, 3.8) is 0 Å². The van der Waals surface area contributed by atoms with Crippen molar-refractivity contribution in [2.24, 2.45) is 0 Å². The van der Waals surface area contributed by atoms with Crippen molar-refractivity contribution in [2.45, 2.75) is 130 Å². The molecule has 27 heteroatoms. The lowest BCUT2D eigenvalue weighted by atomic mass is 9.49. The first-order chi connectivity index (χ1) is 52.7. The predicted molar refractivity (Wildman–Crippen MR) is 458 cm³/mol. The van der Waals surface area contributed by atoms with Crippen LogP contribution in [0.3, 0.4) is 0 Å². The van der Waals surface area contributed by atoms with Gasteiger partial charge in [0.2, 0.25) is 0 Å². The van der Waals surface area contributed by atoms with Crippen molar-refractivity contribution < 1.29 is 62.4 Å². The molecular weight excluding hydrogens is 1530 g/mol. The van der Waals surface area contributed by atoms with Crippen LogP contribution in [0.1, 0.15) is 97.4 Å². The molecule has 0 radical (unpaired) electrons. The van der Waals surface area contributed by atoms with E-state index in [1.165, 1.54) is 20.0 Å². The molecule has 4 aliphatic heterocycles. The Morgan fingerprint density at radius 2 is 0.838 bits per heavy atom. The highest BCUT2D eigenvalue weighted by Crippen LogP contribution is 2.45. The average Bonchev–Trinajstić information content (AvgIpc) is 1.56. The molecule has 6 N–H and O–H groups in total. The van der Waals surface area contributed by atoms with E-state index in [1.54, 1.807) is 68.4 Å². The number of rotatable bonds is 6. The number of methoxy groups -OCH3 is 2. The largest absolute Gasteiger partial charge is 0.497 e. The molecular formula is C84H90B4BrCl3N6O13. The summed E-state index contributed by atoms with van der Waals surface area (Å²) in [6, 6.07) is 46.1. The molecule has 0 aliphatic carbocycles. The van der Waals surface area contributed by atoms with Gasteiger partial charge in [-0.1, -0.05) is 71.2 Å². The minimum atomic E-state index is -1.53. The standard InChI is InChI=1S/C21H20BNO3.C16H13ClN2O.C15H8ClNO.C12H24B2O4.C10H10BNO3.C6H5BrClN.C4H8O.H2/c1-20(2)21(3,4)26-22(25-20)16-6-5-7-17-19(16)15-10-13-8-9-23-12-14(13)11-18(15)24-17;1-20-15-8-11-9-19-6-5-10(11)7-12(15)16-13(17)3-2-4-14(16)18;16-12-2-1-3-13-15(12)11-6-9-4-5-17-8-10(9)7-14(11)18-13;1-9(2)10(3,4)16-13(15-9)14-17-11(5,6)12(7,8)18-14;1-15-10-5-8-6-12-3-2-7(8)4-9(10)11(13)14;7-6-4(8)2-1-3-5(6)9;1-2-4-5-3-1;/h5-12H,1-4H3;2-9H,18H2,1H3;1-8H;1-8H3;2-6,13-14H,1H3;1-3H,9H2;1-4H2;1H/i;;;;;;;1+2. The third-order valence-electron chi connectivity index (χ3n) is 21.1. The first-order valence-corrected chi connectivity index (χ1v) is 38.2. The molecule has 6 aromatic heterocycles. The minimum absolute atomic E-state index is 0. The molecule has 111 heavy (non-hydrogen) atoms. The first-order valence-electron chi connectivity index (χ1n) is 36.3. The van der Waals surface area contributed by atoms with Gasteiger partial charge in [-0.2, -0.15) is 0 Å². The third kappa shape index (κ3) is 17.8. The molecule has 4 saturated heterocycles. The van der Waals surface area contributed by atoms with Gasteiger partial charge in [-0.25, -0.2) is 0 Å². The topological polar surface area (TPSA) is 253 Å². The zero-order chi connectivity index (χ0) is 79.5. The molecule has 0 atom stereocenters. The quantitative estimate of drug-likeness (QED) is 0.0891. The zero-order valence-electron chi connectivity index (χ0n) is 64.5. The van der Waals surface area contributed by atoms with E-state index in [4.69, 9.17) is 107 Å². The van der Waals surface area contributed by atoms with Gasteiger partial charge in [-0.15, -0.1) is 0 Å². The van der Waals surface area contributed by atoms with E-state index in [0.717, 1.165) is 132 Å². The van der Waals surface area contributed by atoms with E-state index in [1.807, 2.05) is 171 Å². The first kappa shape index (κ1) is 81.9. The van der Waals surface area contributed by atoms with Gasteiger partial charge in [0.05, 0.1) is 67.4 Å². The molecule has 0 bridgehead atoms. The maximum Gasteiger partial charge on any atom is 0.495 e. The SMILES string of the molecule is C1CCOC1.CC1(C)OB(B2OC(C)(C)C(C)(C)O2)OC1(C)C.CC1(C)OB(c2cccc3oc4cc5cnccc5cc4c23)OC1(C)C.COc1cc2cnccc2cc1-c1c(N)cccc1Cl.COc1cc2cnccc2cc1B(O)O.Clc1cccc2oc3cc4cnccc4cc3c12.Nc1cccc(Cl)c1Br.[3HH]. The van der Waals surface area contributed by atoms with Gasteiger partial charge < -0.3 is 72.5 Å². The number of pyridine rings is 4. The normalized spacial score (nSPS) is 16.7. The minimum Gasteiger partial charge on any atom is -0.497 e. The summed E-state index contributed by atoms with van der Waals surface area (Å²) in [6.45, 7) is 26.5. The predicted octanol–water partition coefficient (Wildman–Crippen LogP) is 19.3. The van der Waals surface area contributed by atoms with E-state index in [0.29, 0.717) is 32.6 Å². The Kier molecular flexibility index (Phi) is 24.8. The summed E-state index contributed by atoms with van der Waals surface area (Å²) in [6.07, 6.45) is 16.8. The van der Waals surface area contributed by atoms with Crippen LogP contribution in [0.4, 0.5) is 11.4 Å². The second kappa shape index (κ2) is 33.6. The second-order valence-electron chi connectivity index (χ2n) is 30.2. The summed E-state index contributed by atoms with van der Waals surface area (Å²) in [5.41, 5.74) is 17.1. The molecule has 574 valence electrons. The molecule has 0 saturated carbocycles. The van der Waals surface area contributed by atoms with Gasteiger partial charge in [0.15, 0.2) is 0 Å². The van der Waals surface area contributed by atoms with Gasteiger partial charge >= 0.3 is 28.3 Å². The van der Waals surface area contributed by atoms with Crippen molar-refractivity contribution in [2.75, 3.05) is 38.9 Å². The Labute approximate surface area is 672 Å². The van der Waals surface area contributed by atoms with Crippen LogP contribution in [-0.2, 0) is 32.7 Å². The van der Waals surface area contributed by atoms with E-state index < -0.39 is 28.3 Å². The van der Waals surface area contributed by atoms with Crippen LogP contribution in [0.2, 0.25) is 15.1 Å². The summed E-state index contributed by atoms with van der Waals surface area (Å²) >= 11 is 21.5. The van der Waals surface area contributed by atoms with E-state index >= 15 is 0 Å². The molecule has 0 amide bonds. The Balaban J connectivity index is 0.000000133. The zero-order valence-corrected chi connectivity index (χ0v) is 68.3. The maximum atomic E-state index is 9.16. The number of aromatic nitrogens is 4. The van der Waals surface area contributed by atoms with Gasteiger partial charge in [-0.05, 0) is 248 Å². The molecule has 4 fully saturated rings. The van der Waals surface area contributed by atoms with Gasteiger partial charge in [-0.3, -0.25) is 19.9 Å². The highest BCUT2D eigenvalue weighted by Gasteiger charge is 2.64. The van der Waals surface area contributed by atoms with Crippen LogP contribution in [0, 0.1) is 0 Å². The summed E-state index contributed by atoms with van der Waals surface area (Å²) < 4.78 is 64.6. The van der Waals surface area contributed by atoms with Gasteiger partial charge in [0.25, 0.3) is 0 Å². The lowest BCUT2D eigenvalue weighted by Crippen LogP contribution is -2.41. The molecule has 0 unspecified atom stereocenters. The smallest absolute Gasteiger partial charge is 0.495 e. The van der Waals surface area contributed by atoms with Gasteiger partial charge in [0, 0.05) is 135 Å². The number of nitrogen functional groups attached to an aromatic ring is 2. The molecule has 19 nitrogen and oxygen atoms in total. The summed E-state index contributed by atoms with van der Waals surface area (Å²) in [5, 5.41) is 32.7. The third-order valence-corrected chi connectivity index (χ3v) is 23.2. The number of benzene rings is 8. The van der Waals surface area contributed by atoms with Crippen molar-refractivity contribution in [3.05, 3.63) is 215 Å². The van der Waals surface area contributed by atoms with Crippen molar-refractivity contribution >= 4 is 188 Å². The fraction of sp³-hybridized carbons (Fsp3) is 0.286. The lowest BCUT2D eigenvalue weighted by molar-refractivity contribution is 0.00578. The molecule has 10 heterocycles. The molecule has 0 spiro atoms. The van der Waals surface area contributed by atoms with E-state index in [2.05, 4.69) is 81.8 Å². The number of hydrogen-bond acceptors (Lipinski definition) is 19. The van der Waals surface area contributed by atoms with Crippen LogP contribution in [0.25, 0.3) is 98.1 Å². The number of anilines is 2. The fourth-order valence-corrected chi connectivity index (χ4v) is 13.8. The van der Waals surface area contributed by atoms with Crippen LogP contribution < -0.4 is 31.9 Å². The van der Waals surface area contributed by atoms with Crippen LogP contribution >= 0.6 is 50.7 Å². The van der Waals surface area contributed by atoms with E-state index in [-0.39, 0.29) is 35.0 Å². The maximum absolute atomic E-state index is 9.16. The van der Waals surface area contributed by atoms with Crippen LogP contribution in [0.5, 0.6) is 11.5 Å². The Morgan fingerprint density at radius 1 is 0.441 bits per heavy atom. The van der Waals surface area contributed by atoms with Crippen LogP contribution in [0.15, 0.2) is 208 Å². The molecule has 8 aromatic carbocycles. The highest BCUT2D eigenvalue weighted by atomic mass is 79.9. The lowest BCUT2D eigenvalue weighted by Gasteiger charge is -2.32. The monoisotopic (exact) mass is 1620 g/mol. The number of furan rings is 2. The van der Waals surface area contributed by atoms with Crippen molar-refractivity contribution in [1.29, 1.82) is 0 Å². The number of fused-ring (bicyclic) bond motifs is 10. The van der Waals surface area contributed by atoms with Crippen LogP contribution in [-0.4, -0.2) is 119 Å². The molecule has 4 aliphatic rings. The number of halogens is 4. The summed E-state index contributed by atoms with van der Waals surface area (Å²) in [7, 11) is 0.222. The Morgan fingerprint density at radius 3 is 1.28 bits per heavy atom. The number of hydrogen-bond donors (Lipinski definition) is 4. The number of nitrogens with zero attached hydrogens (tertiary/aromatic N) is 4. The second-order valence-corrected chi connectivity index (χ2v) is 32.2. The number of nitrogens with two attached hydrogens (primary N) is 2. The Hall–Kier alpha value is -8.55. The highest BCUT2D eigenvalue weighted by molar-refractivity contribution is 9.10. The fourth-order valence-electron chi connectivity index (χ4n) is 12.8. The number of ether oxygens (including phenoxy) is 3. The average molecular weight is 1620 g/mol. The van der Waals surface area contributed by atoms with Crippen molar-refractivity contribution in [3.8, 4) is 22.6 Å². The molecule has 18 rings (SSSR count).